The minimum Gasteiger partial charge on any atom is -1.00 e. The number of hydrogen-bond acceptors (Lipinski definition) is 5. The van der Waals surface area contributed by atoms with Crippen molar-refractivity contribution in [1.82, 2.24) is 9.21 Å². The Morgan fingerprint density at radius 3 is 2.57 bits per heavy atom. The summed E-state index contributed by atoms with van der Waals surface area (Å²) in [5, 5.41) is 0. The Labute approximate surface area is 223 Å². The van der Waals surface area contributed by atoms with Crippen molar-refractivity contribution in [3.63, 3.8) is 0 Å². The minimum absolute atomic E-state index is 0. The highest BCUT2D eigenvalue weighted by atomic mass is 35.5. The molecule has 0 saturated carbocycles. The van der Waals surface area contributed by atoms with E-state index in [0.717, 1.165) is 61.7 Å². The minimum atomic E-state index is -3.70. The van der Waals surface area contributed by atoms with Crippen molar-refractivity contribution in [3.05, 3.63) is 59.2 Å². The lowest BCUT2D eigenvalue weighted by atomic mass is 9.86. The van der Waals surface area contributed by atoms with Crippen molar-refractivity contribution in [1.29, 1.82) is 0 Å². The van der Waals surface area contributed by atoms with Gasteiger partial charge in [0.2, 0.25) is 0 Å². The van der Waals surface area contributed by atoms with Crippen LogP contribution in [0.2, 0.25) is 0 Å². The predicted octanol–water partition coefficient (Wildman–Crippen LogP) is 1.82. The highest BCUT2D eigenvalue weighted by molar-refractivity contribution is 7.90. The van der Waals surface area contributed by atoms with Crippen LogP contribution >= 0.6 is 12.4 Å². The van der Waals surface area contributed by atoms with Gasteiger partial charge in [0.05, 0.1) is 12.7 Å². The quantitative estimate of drug-likeness (QED) is 0.428. The number of rotatable bonds is 10. The van der Waals surface area contributed by atoms with Crippen LogP contribution in [0.3, 0.4) is 0 Å². The van der Waals surface area contributed by atoms with E-state index in [1.165, 1.54) is 17.2 Å². The molecule has 2 aromatic carbocycles. The highest BCUT2D eigenvalue weighted by Gasteiger charge is 2.40. The molecule has 1 aliphatic heterocycles. The van der Waals surface area contributed by atoms with Gasteiger partial charge in [0.25, 0.3) is 15.9 Å². The van der Waals surface area contributed by atoms with Gasteiger partial charge in [0.15, 0.2) is 0 Å². The van der Waals surface area contributed by atoms with Gasteiger partial charge in [-0.05, 0) is 80.9 Å². The number of hydrogen-bond donors (Lipinski definition) is 0. The molecule has 9 heteroatoms. The number of amides is 1. The number of halogens is 2. The lowest BCUT2D eigenvalue weighted by Crippen LogP contribution is -3.00. The van der Waals surface area contributed by atoms with Crippen molar-refractivity contribution in [2.75, 3.05) is 26.7 Å². The molecule has 35 heavy (non-hydrogen) atoms. The molecule has 0 saturated heterocycles. The summed E-state index contributed by atoms with van der Waals surface area (Å²) >= 11 is 0. The molecule has 0 bridgehead atoms. The summed E-state index contributed by atoms with van der Waals surface area (Å²) < 4.78 is 32.1. The number of unbranched alkanes of at least 4 members (excludes halogenated alkanes) is 2. The van der Waals surface area contributed by atoms with E-state index < -0.39 is 15.9 Å². The van der Waals surface area contributed by atoms with Crippen LogP contribution in [0.5, 0.6) is 5.75 Å². The maximum atomic E-state index is 12.7. The van der Waals surface area contributed by atoms with Gasteiger partial charge in [-0.25, -0.2) is 12.7 Å². The molecule has 194 valence electrons. The average Bonchev–Trinajstić information content (AvgIpc) is 3.03. The van der Waals surface area contributed by atoms with E-state index in [2.05, 4.69) is 30.0 Å². The maximum absolute atomic E-state index is 12.7. The summed E-state index contributed by atoms with van der Waals surface area (Å²) in [4.78, 5) is 15.3. The van der Waals surface area contributed by atoms with E-state index in [0.29, 0.717) is 18.0 Å². The standard InChI is InChI=1S/C26H34N2O4S.2ClH/c1-3-16-27(21-15-14-20-10-9-12-24(32-2)23(20)19-21)17-7-4-8-18-28-26(29)22-11-5-6-13-25(22)33(28,30)31;;/h5-6,9-13,21H,3-4,7-8,14-19H2,1-2H3;2*1H. The molecule has 6 nitrogen and oxygen atoms in total. The summed E-state index contributed by atoms with van der Waals surface area (Å²) in [6.07, 6.45) is 6.91. The summed E-state index contributed by atoms with van der Waals surface area (Å²) in [5.41, 5.74) is 3.04. The zero-order chi connectivity index (χ0) is 23.4. The van der Waals surface area contributed by atoms with Gasteiger partial charge < -0.3 is 22.0 Å². The lowest BCUT2D eigenvalue weighted by Gasteiger charge is -2.35. The number of ether oxygens (including phenoxy) is 1. The Balaban J connectivity index is 0.00000216. The number of carbonyl (C=O) groups is 1. The van der Waals surface area contributed by atoms with Gasteiger partial charge in [-0.1, -0.05) is 37.6 Å². The molecule has 0 aromatic heterocycles. The van der Waals surface area contributed by atoms with Crippen LogP contribution in [0.4, 0.5) is 0 Å². The Bertz CT molecular complexity index is 1100. The van der Waals surface area contributed by atoms with Gasteiger partial charge in [-0.15, -0.1) is 12.4 Å². The van der Waals surface area contributed by atoms with Crippen molar-refractivity contribution < 1.29 is 31.8 Å². The Morgan fingerprint density at radius 1 is 1.09 bits per heavy atom. The Morgan fingerprint density at radius 2 is 1.86 bits per heavy atom. The number of fused-ring (bicyclic) bond motifs is 2. The molecule has 1 heterocycles. The second-order valence-electron chi connectivity index (χ2n) is 8.97. The maximum Gasteiger partial charge on any atom is 1.00 e. The fourth-order valence-corrected chi connectivity index (χ4v) is 6.81. The van der Waals surface area contributed by atoms with Gasteiger partial charge in [0.1, 0.15) is 10.6 Å². The first-order valence-electron chi connectivity index (χ1n) is 12.0. The molecule has 0 N–H and O–H groups in total. The Hall–Kier alpha value is -1.80. The molecule has 1 amide bonds. The average molecular weight is 544 g/mol. The zero-order valence-electron chi connectivity index (χ0n) is 21.4. The summed E-state index contributed by atoms with van der Waals surface area (Å²) in [6.45, 7) is 4.51. The second-order valence-corrected chi connectivity index (χ2v) is 10.8. The molecule has 1 atom stereocenters. The number of nitrogens with zero attached hydrogens (tertiary/aromatic N) is 2. The third-order valence-electron chi connectivity index (χ3n) is 6.88. The van der Waals surface area contributed by atoms with E-state index in [4.69, 9.17) is 4.74 Å². The van der Waals surface area contributed by atoms with E-state index in [9.17, 15) is 13.2 Å². The third-order valence-corrected chi connectivity index (χ3v) is 8.72. The molecule has 4 rings (SSSR count). The van der Waals surface area contributed by atoms with Crippen LogP contribution in [0.25, 0.3) is 0 Å². The number of methoxy groups -OCH3 is 1. The van der Waals surface area contributed by atoms with E-state index in [1.54, 1.807) is 25.3 Å². The molecule has 0 fully saturated rings. The fourth-order valence-electron chi connectivity index (χ4n) is 5.20. The molecule has 1 unspecified atom stereocenters. The summed E-state index contributed by atoms with van der Waals surface area (Å²) in [5.74, 6) is 0.596. The smallest absolute Gasteiger partial charge is 1.00 e. The van der Waals surface area contributed by atoms with Gasteiger partial charge in [-0.3, -0.25) is 4.79 Å². The van der Waals surface area contributed by atoms with Crippen LogP contribution in [0.1, 0.15) is 61.9 Å². The summed E-state index contributed by atoms with van der Waals surface area (Å²) in [6, 6.07) is 13.3. The van der Waals surface area contributed by atoms with E-state index in [-0.39, 0.29) is 37.7 Å². The molecule has 2 aliphatic rings. The third kappa shape index (κ3) is 6.13. The molecule has 1 aliphatic carbocycles. The second kappa shape index (κ2) is 12.9. The zero-order valence-corrected chi connectivity index (χ0v) is 22.8. The largest absolute Gasteiger partial charge is 1.00 e. The van der Waals surface area contributed by atoms with Crippen LogP contribution in [-0.2, 0) is 22.9 Å². The van der Waals surface area contributed by atoms with Crippen molar-refractivity contribution in [3.8, 4) is 5.75 Å². The number of sulfonamides is 1. The predicted molar refractivity (Wildman–Crippen MR) is 138 cm³/mol. The van der Waals surface area contributed by atoms with Gasteiger partial charge in [-0.2, -0.15) is 0 Å². The van der Waals surface area contributed by atoms with E-state index >= 15 is 0 Å². The first-order valence-corrected chi connectivity index (χ1v) is 13.5. The molecule has 0 spiro atoms. The van der Waals surface area contributed by atoms with Crippen LogP contribution in [-0.4, -0.2) is 56.3 Å². The van der Waals surface area contributed by atoms with Gasteiger partial charge in [0, 0.05) is 12.6 Å². The van der Waals surface area contributed by atoms with Crippen LogP contribution in [0, 0.1) is 0 Å². The van der Waals surface area contributed by atoms with Crippen molar-refractivity contribution >= 4 is 28.3 Å². The molecule has 0 radical (unpaired) electrons. The SMILES string of the molecule is CCCN(CCCCCN1C(=O)c2ccccc2S1(=O)=O)C1CCc2cccc(OC)c2C1.Cl.[Cl-].[H+]. The lowest BCUT2D eigenvalue weighted by molar-refractivity contribution is -0.0000197. The normalized spacial score (nSPS) is 17.9. The van der Waals surface area contributed by atoms with E-state index in [1.807, 2.05) is 0 Å². The number of aryl methyl sites for hydroxylation is 1. The van der Waals surface area contributed by atoms with Crippen molar-refractivity contribution in [2.45, 2.75) is 62.8 Å². The van der Waals surface area contributed by atoms with Crippen LogP contribution in [0.15, 0.2) is 47.4 Å². The first kappa shape index (κ1) is 29.4. The molecular formula is C26H36Cl2N2O4S. The molecule has 2 aromatic rings. The molecular weight excluding hydrogens is 507 g/mol. The first-order chi connectivity index (χ1) is 16.0. The monoisotopic (exact) mass is 542 g/mol. The highest BCUT2D eigenvalue weighted by Crippen LogP contribution is 2.32. The Kier molecular flexibility index (Phi) is 10.9. The fraction of sp³-hybridized carbons (Fsp3) is 0.500. The number of carbonyl (C=O) groups excluding carboxylic acids is 1. The van der Waals surface area contributed by atoms with Crippen LogP contribution < -0.4 is 17.1 Å². The van der Waals surface area contributed by atoms with Gasteiger partial charge >= 0.3 is 1.43 Å². The summed E-state index contributed by atoms with van der Waals surface area (Å²) in [7, 11) is -1.96. The topological polar surface area (TPSA) is 66.9 Å². The number of benzene rings is 2. The van der Waals surface area contributed by atoms with Crippen molar-refractivity contribution in [2.24, 2.45) is 0 Å².